The van der Waals surface area contributed by atoms with Crippen LogP contribution in [0, 0.1) is 0 Å². The lowest BCUT2D eigenvalue weighted by atomic mass is 10.2. The first-order valence-electron chi connectivity index (χ1n) is 4.88. The highest BCUT2D eigenvalue weighted by atomic mass is 16.4. The second kappa shape index (κ2) is 4.95. The lowest BCUT2D eigenvalue weighted by molar-refractivity contribution is -0.144. The fourth-order valence-corrected chi connectivity index (χ4v) is 1.50. The fourth-order valence-electron chi connectivity index (χ4n) is 1.50. The van der Waals surface area contributed by atoms with E-state index in [1.165, 1.54) is 0 Å². The molecule has 0 radical (unpaired) electrons. The summed E-state index contributed by atoms with van der Waals surface area (Å²) < 4.78 is 0. The van der Waals surface area contributed by atoms with Crippen LogP contribution < -0.4 is 5.32 Å². The second-order valence-electron chi connectivity index (χ2n) is 3.55. The number of nitrogens with zero attached hydrogens (tertiary/aromatic N) is 1. The van der Waals surface area contributed by atoms with Gasteiger partial charge in [-0.3, -0.25) is 9.69 Å². The summed E-state index contributed by atoms with van der Waals surface area (Å²) in [6, 6.07) is -0.742. The third-order valence-corrected chi connectivity index (χ3v) is 2.27. The van der Waals surface area contributed by atoms with Crippen molar-refractivity contribution in [2.75, 3.05) is 19.6 Å². The summed E-state index contributed by atoms with van der Waals surface area (Å²) in [7, 11) is 0. The topological polar surface area (TPSA) is 69.6 Å². The van der Waals surface area contributed by atoms with E-state index in [0.717, 1.165) is 19.4 Å². The van der Waals surface area contributed by atoms with Gasteiger partial charge in [0.25, 0.3) is 0 Å². The van der Waals surface area contributed by atoms with E-state index in [-0.39, 0.29) is 5.91 Å². The van der Waals surface area contributed by atoms with Crippen LogP contribution in [0.25, 0.3) is 0 Å². The number of carboxylic acid groups (broad SMARTS) is 1. The maximum Gasteiger partial charge on any atom is 0.327 e. The van der Waals surface area contributed by atoms with Crippen LogP contribution in [0.2, 0.25) is 0 Å². The Balaban J connectivity index is 2.45. The number of piperazine rings is 1. The molecule has 0 aromatic heterocycles. The van der Waals surface area contributed by atoms with Gasteiger partial charge in [0.1, 0.15) is 6.04 Å². The SMILES string of the molecule is CCCCN1CC(=O)NC(C(=O)O)C1. The van der Waals surface area contributed by atoms with Crippen molar-refractivity contribution in [2.45, 2.75) is 25.8 Å². The Morgan fingerprint density at radius 2 is 2.43 bits per heavy atom. The van der Waals surface area contributed by atoms with Gasteiger partial charge in [0, 0.05) is 6.54 Å². The molecule has 80 valence electrons. The minimum absolute atomic E-state index is 0.195. The Morgan fingerprint density at radius 3 is 3.00 bits per heavy atom. The van der Waals surface area contributed by atoms with Crippen molar-refractivity contribution in [3.8, 4) is 0 Å². The maximum absolute atomic E-state index is 11.1. The van der Waals surface area contributed by atoms with E-state index in [4.69, 9.17) is 5.11 Å². The fraction of sp³-hybridized carbons (Fsp3) is 0.778. The number of carboxylic acids is 1. The Morgan fingerprint density at radius 1 is 1.71 bits per heavy atom. The van der Waals surface area contributed by atoms with E-state index in [0.29, 0.717) is 13.1 Å². The predicted molar refractivity (Wildman–Crippen MR) is 50.9 cm³/mol. The van der Waals surface area contributed by atoms with Crippen LogP contribution in [0.1, 0.15) is 19.8 Å². The highest BCUT2D eigenvalue weighted by Gasteiger charge is 2.28. The normalized spacial score (nSPS) is 23.2. The minimum atomic E-state index is -0.959. The summed E-state index contributed by atoms with van der Waals surface area (Å²) >= 11 is 0. The minimum Gasteiger partial charge on any atom is -0.480 e. The summed E-state index contributed by atoms with van der Waals surface area (Å²) in [6.45, 7) is 3.61. The molecule has 1 aliphatic rings. The summed E-state index contributed by atoms with van der Waals surface area (Å²) in [5, 5.41) is 11.2. The molecule has 1 aliphatic heterocycles. The molecule has 14 heavy (non-hydrogen) atoms. The summed E-state index contributed by atoms with van der Waals surface area (Å²) in [5.74, 6) is -1.15. The van der Waals surface area contributed by atoms with Crippen LogP contribution in [0.5, 0.6) is 0 Å². The van der Waals surface area contributed by atoms with Crippen LogP contribution in [0.3, 0.4) is 0 Å². The van der Waals surface area contributed by atoms with Crippen molar-refractivity contribution < 1.29 is 14.7 Å². The van der Waals surface area contributed by atoms with Gasteiger partial charge in [0.05, 0.1) is 6.54 Å². The number of nitrogens with one attached hydrogen (secondary N) is 1. The number of aliphatic carboxylic acids is 1. The van der Waals surface area contributed by atoms with Gasteiger partial charge in [-0.15, -0.1) is 0 Å². The summed E-state index contributed by atoms with van der Waals surface area (Å²) in [6.07, 6.45) is 2.05. The average molecular weight is 200 g/mol. The molecule has 1 fully saturated rings. The van der Waals surface area contributed by atoms with Gasteiger partial charge >= 0.3 is 5.97 Å². The first-order valence-corrected chi connectivity index (χ1v) is 4.88. The van der Waals surface area contributed by atoms with Gasteiger partial charge in [-0.05, 0) is 13.0 Å². The zero-order valence-corrected chi connectivity index (χ0v) is 8.32. The third kappa shape index (κ3) is 2.99. The number of unbranched alkanes of at least 4 members (excludes halogenated alkanes) is 1. The van der Waals surface area contributed by atoms with Crippen molar-refractivity contribution >= 4 is 11.9 Å². The zero-order chi connectivity index (χ0) is 10.6. The molecule has 1 heterocycles. The van der Waals surface area contributed by atoms with E-state index < -0.39 is 12.0 Å². The van der Waals surface area contributed by atoms with Gasteiger partial charge in [0.15, 0.2) is 0 Å². The van der Waals surface area contributed by atoms with E-state index in [1.54, 1.807) is 0 Å². The molecule has 2 N–H and O–H groups in total. The van der Waals surface area contributed by atoms with Gasteiger partial charge in [0.2, 0.25) is 5.91 Å². The molecule has 1 saturated heterocycles. The van der Waals surface area contributed by atoms with Crippen LogP contribution >= 0.6 is 0 Å². The smallest absolute Gasteiger partial charge is 0.327 e. The zero-order valence-electron chi connectivity index (χ0n) is 8.32. The molecule has 0 spiro atoms. The highest BCUT2D eigenvalue weighted by Crippen LogP contribution is 2.02. The van der Waals surface area contributed by atoms with Crippen molar-refractivity contribution in [3.05, 3.63) is 0 Å². The molecule has 0 aromatic rings. The number of hydrogen-bond donors (Lipinski definition) is 2. The van der Waals surface area contributed by atoms with Crippen LogP contribution in [-0.4, -0.2) is 47.6 Å². The average Bonchev–Trinajstić information content (AvgIpc) is 2.14. The quantitative estimate of drug-likeness (QED) is 0.652. The van der Waals surface area contributed by atoms with E-state index in [2.05, 4.69) is 12.2 Å². The molecule has 0 aliphatic carbocycles. The van der Waals surface area contributed by atoms with E-state index >= 15 is 0 Å². The molecule has 1 atom stereocenters. The lowest BCUT2D eigenvalue weighted by Gasteiger charge is -2.30. The standard InChI is InChI=1S/C9H16N2O3/c1-2-3-4-11-5-7(9(13)14)10-8(12)6-11/h7H,2-6H2,1H3,(H,10,12)(H,13,14). The molecule has 5 nitrogen and oxygen atoms in total. The first-order chi connectivity index (χ1) is 6.63. The van der Waals surface area contributed by atoms with Gasteiger partial charge in [-0.25, -0.2) is 4.79 Å². The summed E-state index contributed by atoms with van der Waals surface area (Å²) in [5.41, 5.74) is 0. The molecule has 1 unspecified atom stereocenters. The van der Waals surface area contributed by atoms with Crippen molar-refractivity contribution in [1.29, 1.82) is 0 Å². The Kier molecular flexibility index (Phi) is 3.88. The molecule has 0 aromatic carbocycles. The first kappa shape index (κ1) is 11.0. The number of carbonyl (C=O) groups excluding carboxylic acids is 1. The number of carbonyl (C=O) groups is 2. The van der Waals surface area contributed by atoms with Crippen molar-refractivity contribution in [2.24, 2.45) is 0 Å². The van der Waals surface area contributed by atoms with Gasteiger partial charge in [-0.2, -0.15) is 0 Å². The van der Waals surface area contributed by atoms with Crippen LogP contribution in [0.4, 0.5) is 0 Å². The Hall–Kier alpha value is -1.10. The van der Waals surface area contributed by atoms with Crippen LogP contribution in [-0.2, 0) is 9.59 Å². The van der Waals surface area contributed by atoms with Gasteiger partial charge in [-0.1, -0.05) is 13.3 Å². The number of amides is 1. The molecule has 1 amide bonds. The van der Waals surface area contributed by atoms with Crippen molar-refractivity contribution in [3.63, 3.8) is 0 Å². The van der Waals surface area contributed by atoms with Crippen molar-refractivity contribution in [1.82, 2.24) is 10.2 Å². The highest BCUT2D eigenvalue weighted by molar-refractivity contribution is 5.86. The lowest BCUT2D eigenvalue weighted by Crippen LogP contribution is -2.57. The molecule has 0 bridgehead atoms. The second-order valence-corrected chi connectivity index (χ2v) is 3.55. The van der Waals surface area contributed by atoms with Crippen LogP contribution in [0.15, 0.2) is 0 Å². The largest absolute Gasteiger partial charge is 0.480 e. The van der Waals surface area contributed by atoms with E-state index in [1.807, 2.05) is 4.90 Å². The molecule has 5 heteroatoms. The number of hydrogen-bond acceptors (Lipinski definition) is 3. The van der Waals surface area contributed by atoms with Gasteiger partial charge < -0.3 is 10.4 Å². The number of rotatable bonds is 4. The Labute approximate surface area is 83.1 Å². The molecule has 1 rings (SSSR count). The Bertz CT molecular complexity index is 230. The third-order valence-electron chi connectivity index (χ3n) is 2.27. The monoisotopic (exact) mass is 200 g/mol. The summed E-state index contributed by atoms with van der Waals surface area (Å²) in [4.78, 5) is 23.7. The molecular formula is C9H16N2O3. The molecular weight excluding hydrogens is 184 g/mol. The maximum atomic E-state index is 11.1. The predicted octanol–water partition coefficient (Wildman–Crippen LogP) is -0.328. The van der Waals surface area contributed by atoms with E-state index in [9.17, 15) is 9.59 Å². The molecule has 0 saturated carbocycles.